The maximum atomic E-state index is 12.5. The topological polar surface area (TPSA) is 57.3 Å². The second kappa shape index (κ2) is 8.78. The zero-order valence-electron chi connectivity index (χ0n) is 16.7. The molecule has 0 atom stereocenters. The Morgan fingerprint density at radius 3 is 2.41 bits per heavy atom. The van der Waals surface area contributed by atoms with Crippen LogP contribution in [0.4, 0.5) is 17.1 Å². The van der Waals surface area contributed by atoms with Gasteiger partial charge in [0.25, 0.3) is 5.91 Å². The van der Waals surface area contributed by atoms with Crippen LogP contribution in [0.3, 0.4) is 0 Å². The van der Waals surface area contributed by atoms with Gasteiger partial charge in [0.05, 0.1) is 17.4 Å². The number of hydrogen-bond donors (Lipinski definition) is 2. The maximum Gasteiger partial charge on any atom is 0.253 e. The molecule has 1 aliphatic heterocycles. The largest absolute Gasteiger partial charge is 0.372 e. The van der Waals surface area contributed by atoms with Gasteiger partial charge in [-0.05, 0) is 55.7 Å². The van der Waals surface area contributed by atoms with E-state index in [4.69, 9.17) is 0 Å². The summed E-state index contributed by atoms with van der Waals surface area (Å²) in [6.45, 7) is 4.81. The van der Waals surface area contributed by atoms with Gasteiger partial charge in [0.2, 0.25) is 0 Å². The summed E-state index contributed by atoms with van der Waals surface area (Å²) < 4.78 is 0. The molecule has 1 aliphatic rings. The highest BCUT2D eigenvalue weighted by Gasteiger charge is 2.12. The molecule has 5 nitrogen and oxygen atoms in total. The maximum absolute atomic E-state index is 12.5. The predicted octanol–water partition coefficient (Wildman–Crippen LogP) is 4.66. The third kappa shape index (κ3) is 4.93. The molecule has 1 amide bonds. The molecular formula is C24H26N4O. The van der Waals surface area contributed by atoms with E-state index in [9.17, 15) is 4.79 Å². The number of benzene rings is 2. The van der Waals surface area contributed by atoms with Crippen LogP contribution in [0.2, 0.25) is 0 Å². The molecule has 2 heterocycles. The Labute approximate surface area is 171 Å². The third-order valence-corrected chi connectivity index (χ3v) is 5.20. The Hall–Kier alpha value is -3.34. The van der Waals surface area contributed by atoms with Crippen molar-refractivity contribution in [2.75, 3.05) is 23.3 Å². The van der Waals surface area contributed by atoms with Crippen LogP contribution in [-0.4, -0.2) is 24.0 Å². The van der Waals surface area contributed by atoms with Crippen molar-refractivity contribution in [2.45, 2.75) is 26.3 Å². The first-order valence-corrected chi connectivity index (χ1v) is 10.1. The van der Waals surface area contributed by atoms with Crippen LogP contribution in [0.5, 0.6) is 0 Å². The van der Waals surface area contributed by atoms with Gasteiger partial charge in [-0.1, -0.05) is 29.8 Å². The van der Waals surface area contributed by atoms with Crippen molar-refractivity contribution in [1.82, 2.24) is 10.3 Å². The van der Waals surface area contributed by atoms with Crippen molar-refractivity contribution in [3.63, 3.8) is 0 Å². The quantitative estimate of drug-likeness (QED) is 0.647. The number of nitrogens with zero attached hydrogens (tertiary/aromatic N) is 2. The number of carbonyl (C=O) groups is 1. The Morgan fingerprint density at radius 1 is 0.966 bits per heavy atom. The van der Waals surface area contributed by atoms with Crippen molar-refractivity contribution >= 4 is 23.0 Å². The summed E-state index contributed by atoms with van der Waals surface area (Å²) in [5.74, 6) is -0.133. The molecule has 3 aromatic rings. The van der Waals surface area contributed by atoms with Crippen LogP contribution in [0.15, 0.2) is 67.0 Å². The molecule has 1 fully saturated rings. The van der Waals surface area contributed by atoms with Crippen molar-refractivity contribution in [3.05, 3.63) is 83.7 Å². The summed E-state index contributed by atoms with van der Waals surface area (Å²) in [4.78, 5) is 19.1. The standard InChI is InChI=1S/C24H26N4O/c1-18-4-6-19(7-5-18)15-26-24(29)20-14-22(17-25-16-20)27-21-8-10-23(11-9-21)28-12-2-3-13-28/h4-11,14,16-17,27H,2-3,12-13,15H2,1H3,(H,26,29). The first-order valence-electron chi connectivity index (χ1n) is 10.1. The van der Waals surface area contributed by atoms with Gasteiger partial charge in [-0.25, -0.2) is 0 Å². The van der Waals surface area contributed by atoms with E-state index in [1.165, 1.54) is 24.1 Å². The SMILES string of the molecule is Cc1ccc(CNC(=O)c2cncc(Nc3ccc(N4CCCC4)cc3)c2)cc1. The summed E-state index contributed by atoms with van der Waals surface area (Å²) in [7, 11) is 0. The van der Waals surface area contributed by atoms with Crippen molar-refractivity contribution in [3.8, 4) is 0 Å². The normalized spacial score (nSPS) is 13.3. The first-order chi connectivity index (χ1) is 14.2. The Bertz CT molecular complexity index is 961. The number of anilines is 3. The minimum absolute atomic E-state index is 0.133. The molecule has 0 aliphatic carbocycles. The van der Waals surface area contributed by atoms with Gasteiger partial charge in [-0.15, -0.1) is 0 Å². The molecule has 0 radical (unpaired) electrons. The lowest BCUT2D eigenvalue weighted by Crippen LogP contribution is -2.23. The van der Waals surface area contributed by atoms with E-state index in [1.54, 1.807) is 12.4 Å². The number of amides is 1. The molecule has 0 unspecified atom stereocenters. The lowest BCUT2D eigenvalue weighted by atomic mass is 10.1. The third-order valence-electron chi connectivity index (χ3n) is 5.20. The molecule has 2 aromatic carbocycles. The van der Waals surface area contributed by atoms with Gasteiger partial charge in [0.1, 0.15) is 0 Å². The van der Waals surface area contributed by atoms with E-state index in [-0.39, 0.29) is 5.91 Å². The van der Waals surface area contributed by atoms with Crippen LogP contribution < -0.4 is 15.5 Å². The van der Waals surface area contributed by atoms with E-state index in [0.717, 1.165) is 30.0 Å². The number of carbonyl (C=O) groups excluding carboxylic acids is 1. The lowest BCUT2D eigenvalue weighted by molar-refractivity contribution is 0.0950. The lowest BCUT2D eigenvalue weighted by Gasteiger charge is -2.18. The monoisotopic (exact) mass is 386 g/mol. The second-order valence-electron chi connectivity index (χ2n) is 7.50. The Morgan fingerprint density at radius 2 is 1.69 bits per heavy atom. The van der Waals surface area contributed by atoms with Gasteiger partial charge in [0.15, 0.2) is 0 Å². The smallest absolute Gasteiger partial charge is 0.253 e. The van der Waals surface area contributed by atoms with Gasteiger partial charge in [-0.3, -0.25) is 9.78 Å². The number of hydrogen-bond acceptors (Lipinski definition) is 4. The molecule has 2 N–H and O–H groups in total. The number of aromatic nitrogens is 1. The molecule has 148 valence electrons. The number of aryl methyl sites for hydroxylation is 1. The molecule has 0 bridgehead atoms. The van der Waals surface area contributed by atoms with Gasteiger partial charge < -0.3 is 15.5 Å². The van der Waals surface area contributed by atoms with Gasteiger partial charge >= 0.3 is 0 Å². The van der Waals surface area contributed by atoms with Crippen molar-refractivity contribution < 1.29 is 4.79 Å². The van der Waals surface area contributed by atoms with E-state index in [2.05, 4.69) is 44.8 Å². The summed E-state index contributed by atoms with van der Waals surface area (Å²) in [5, 5.41) is 6.29. The Balaban J connectivity index is 1.37. The van der Waals surface area contributed by atoms with Gasteiger partial charge in [-0.2, -0.15) is 0 Å². The fourth-order valence-electron chi connectivity index (χ4n) is 3.52. The number of nitrogens with one attached hydrogen (secondary N) is 2. The number of pyridine rings is 1. The van der Waals surface area contributed by atoms with E-state index in [0.29, 0.717) is 12.1 Å². The minimum atomic E-state index is -0.133. The molecule has 0 saturated carbocycles. The van der Waals surface area contributed by atoms with Crippen LogP contribution in [0.1, 0.15) is 34.3 Å². The zero-order valence-corrected chi connectivity index (χ0v) is 16.7. The highest BCUT2D eigenvalue weighted by atomic mass is 16.1. The average molecular weight is 386 g/mol. The average Bonchev–Trinajstić information content (AvgIpc) is 3.29. The highest BCUT2D eigenvalue weighted by molar-refractivity contribution is 5.94. The molecule has 1 saturated heterocycles. The molecular weight excluding hydrogens is 360 g/mol. The highest BCUT2D eigenvalue weighted by Crippen LogP contribution is 2.24. The van der Waals surface area contributed by atoms with E-state index < -0.39 is 0 Å². The van der Waals surface area contributed by atoms with Crippen molar-refractivity contribution in [2.24, 2.45) is 0 Å². The first kappa shape index (κ1) is 19.0. The fraction of sp³-hybridized carbons (Fsp3) is 0.250. The van der Waals surface area contributed by atoms with E-state index >= 15 is 0 Å². The summed E-state index contributed by atoms with van der Waals surface area (Å²) in [5.41, 5.74) is 5.85. The molecule has 1 aromatic heterocycles. The van der Waals surface area contributed by atoms with Crippen LogP contribution in [-0.2, 0) is 6.54 Å². The fourth-order valence-corrected chi connectivity index (χ4v) is 3.52. The zero-order chi connectivity index (χ0) is 20.1. The van der Waals surface area contributed by atoms with Crippen LogP contribution >= 0.6 is 0 Å². The summed E-state index contributed by atoms with van der Waals surface area (Å²) in [6, 6.07) is 18.4. The summed E-state index contributed by atoms with van der Waals surface area (Å²) in [6.07, 6.45) is 5.85. The molecule has 29 heavy (non-hydrogen) atoms. The summed E-state index contributed by atoms with van der Waals surface area (Å²) >= 11 is 0. The predicted molar refractivity (Wildman–Crippen MR) is 118 cm³/mol. The minimum Gasteiger partial charge on any atom is -0.372 e. The van der Waals surface area contributed by atoms with Crippen LogP contribution in [0, 0.1) is 6.92 Å². The Kier molecular flexibility index (Phi) is 5.75. The molecule has 0 spiro atoms. The number of rotatable bonds is 6. The van der Waals surface area contributed by atoms with E-state index in [1.807, 2.05) is 37.3 Å². The van der Waals surface area contributed by atoms with Crippen molar-refractivity contribution in [1.29, 1.82) is 0 Å². The van der Waals surface area contributed by atoms with Gasteiger partial charge in [0, 0.05) is 37.2 Å². The van der Waals surface area contributed by atoms with Crippen LogP contribution in [0.25, 0.3) is 0 Å². The molecule has 4 rings (SSSR count). The second-order valence-corrected chi connectivity index (χ2v) is 7.50. The molecule has 5 heteroatoms.